The second-order valence-corrected chi connectivity index (χ2v) is 3.72. The highest BCUT2D eigenvalue weighted by molar-refractivity contribution is 6.07. The summed E-state index contributed by atoms with van der Waals surface area (Å²) < 4.78 is 0. The van der Waals surface area contributed by atoms with E-state index in [0.29, 0.717) is 0 Å². The average molecular weight is 198 g/mol. The molecule has 1 aromatic carbocycles. The highest BCUT2D eigenvalue weighted by Gasteiger charge is 2.08. The van der Waals surface area contributed by atoms with Crippen LogP contribution in [0.3, 0.4) is 0 Å². The Morgan fingerprint density at radius 2 is 2.00 bits per heavy atom. The Kier molecular flexibility index (Phi) is 1.51. The Bertz CT molecular complexity index is 706. The van der Waals surface area contributed by atoms with E-state index in [1.807, 2.05) is 31.2 Å². The SMILES string of the molecule is Cc1c[nH]c(=O)c2c1[nH]c1ccccc12. The number of para-hydroxylation sites is 1. The first kappa shape index (κ1) is 8.29. The largest absolute Gasteiger partial charge is 0.354 e. The fourth-order valence-electron chi connectivity index (χ4n) is 1.99. The molecule has 0 saturated carbocycles. The number of aryl methyl sites for hydroxylation is 1. The van der Waals surface area contributed by atoms with Crippen molar-refractivity contribution >= 4 is 21.8 Å². The zero-order valence-electron chi connectivity index (χ0n) is 8.29. The summed E-state index contributed by atoms with van der Waals surface area (Å²) in [5.41, 5.74) is 2.96. The number of aromatic nitrogens is 2. The van der Waals surface area contributed by atoms with Gasteiger partial charge in [-0.05, 0) is 18.6 Å². The van der Waals surface area contributed by atoms with Crippen LogP contribution in [0.4, 0.5) is 0 Å². The lowest BCUT2D eigenvalue weighted by Gasteiger charge is -1.93. The van der Waals surface area contributed by atoms with Crippen LogP contribution in [-0.4, -0.2) is 9.97 Å². The maximum Gasteiger partial charge on any atom is 0.258 e. The highest BCUT2D eigenvalue weighted by Crippen LogP contribution is 2.23. The van der Waals surface area contributed by atoms with Crippen LogP contribution < -0.4 is 5.56 Å². The van der Waals surface area contributed by atoms with Gasteiger partial charge in [0.2, 0.25) is 0 Å². The predicted molar refractivity (Wildman–Crippen MR) is 61.2 cm³/mol. The fourth-order valence-corrected chi connectivity index (χ4v) is 1.99. The lowest BCUT2D eigenvalue weighted by Crippen LogP contribution is -2.04. The first-order valence-corrected chi connectivity index (χ1v) is 4.86. The molecule has 0 fully saturated rings. The van der Waals surface area contributed by atoms with E-state index in [1.165, 1.54) is 0 Å². The molecule has 3 nitrogen and oxygen atoms in total. The van der Waals surface area contributed by atoms with Crippen LogP contribution in [0.5, 0.6) is 0 Å². The van der Waals surface area contributed by atoms with Crippen molar-refractivity contribution in [3.63, 3.8) is 0 Å². The Morgan fingerprint density at radius 3 is 2.87 bits per heavy atom. The minimum absolute atomic E-state index is 0.0342. The maximum absolute atomic E-state index is 11.7. The van der Waals surface area contributed by atoms with E-state index in [-0.39, 0.29) is 5.56 Å². The Hall–Kier alpha value is -2.03. The smallest absolute Gasteiger partial charge is 0.258 e. The standard InChI is InChI=1S/C12H10N2O/c1-7-6-13-12(15)10-8-4-2-3-5-9(8)14-11(7)10/h2-6,14H,1H3,(H,13,15). The van der Waals surface area contributed by atoms with Crippen molar-refractivity contribution in [2.75, 3.05) is 0 Å². The van der Waals surface area contributed by atoms with E-state index < -0.39 is 0 Å². The molecule has 2 aromatic heterocycles. The summed E-state index contributed by atoms with van der Waals surface area (Å²) in [7, 11) is 0. The molecule has 74 valence electrons. The summed E-state index contributed by atoms with van der Waals surface area (Å²) in [6.45, 7) is 1.98. The van der Waals surface area contributed by atoms with Crippen molar-refractivity contribution in [2.24, 2.45) is 0 Å². The number of hydrogen-bond acceptors (Lipinski definition) is 1. The molecule has 15 heavy (non-hydrogen) atoms. The van der Waals surface area contributed by atoms with E-state index in [4.69, 9.17) is 0 Å². The summed E-state index contributed by atoms with van der Waals surface area (Å²) in [5.74, 6) is 0. The Balaban J connectivity index is 2.72. The molecule has 2 heterocycles. The number of H-pyrrole nitrogens is 2. The minimum atomic E-state index is -0.0342. The fraction of sp³-hybridized carbons (Fsp3) is 0.0833. The van der Waals surface area contributed by atoms with E-state index >= 15 is 0 Å². The van der Waals surface area contributed by atoms with Crippen LogP contribution in [0.2, 0.25) is 0 Å². The number of aromatic amines is 2. The summed E-state index contributed by atoms with van der Waals surface area (Å²) in [6.07, 6.45) is 1.74. The van der Waals surface area contributed by atoms with E-state index in [1.54, 1.807) is 6.20 Å². The highest BCUT2D eigenvalue weighted by atomic mass is 16.1. The molecule has 0 spiro atoms. The number of pyridine rings is 1. The van der Waals surface area contributed by atoms with Crippen molar-refractivity contribution in [1.29, 1.82) is 0 Å². The Labute approximate surface area is 85.8 Å². The van der Waals surface area contributed by atoms with Crippen LogP contribution in [0.1, 0.15) is 5.56 Å². The molecule has 0 saturated heterocycles. The zero-order valence-corrected chi connectivity index (χ0v) is 8.29. The third kappa shape index (κ3) is 1.03. The minimum Gasteiger partial charge on any atom is -0.354 e. The van der Waals surface area contributed by atoms with Crippen molar-refractivity contribution in [3.05, 3.63) is 46.4 Å². The van der Waals surface area contributed by atoms with Gasteiger partial charge in [0.05, 0.1) is 10.9 Å². The van der Waals surface area contributed by atoms with E-state index in [2.05, 4.69) is 9.97 Å². The second-order valence-electron chi connectivity index (χ2n) is 3.72. The van der Waals surface area contributed by atoms with Crippen LogP contribution in [0, 0.1) is 6.92 Å². The second kappa shape index (κ2) is 2.73. The molecule has 0 aliphatic carbocycles. The third-order valence-corrected chi connectivity index (χ3v) is 2.75. The van der Waals surface area contributed by atoms with Gasteiger partial charge in [0, 0.05) is 17.1 Å². The summed E-state index contributed by atoms with van der Waals surface area (Å²) >= 11 is 0. The predicted octanol–water partition coefficient (Wildman–Crippen LogP) is 2.32. The van der Waals surface area contributed by atoms with Gasteiger partial charge < -0.3 is 9.97 Å². The number of rotatable bonds is 0. The first-order chi connectivity index (χ1) is 7.27. The van der Waals surface area contributed by atoms with Gasteiger partial charge in [-0.2, -0.15) is 0 Å². The van der Waals surface area contributed by atoms with Gasteiger partial charge >= 0.3 is 0 Å². The third-order valence-electron chi connectivity index (χ3n) is 2.75. The molecular formula is C12H10N2O. The summed E-state index contributed by atoms with van der Waals surface area (Å²) in [6, 6.07) is 7.84. The molecule has 0 radical (unpaired) electrons. The Morgan fingerprint density at radius 1 is 1.20 bits per heavy atom. The first-order valence-electron chi connectivity index (χ1n) is 4.86. The number of benzene rings is 1. The lowest BCUT2D eigenvalue weighted by atomic mass is 10.1. The molecule has 3 heteroatoms. The van der Waals surface area contributed by atoms with Gasteiger partial charge in [0.25, 0.3) is 5.56 Å². The molecule has 0 amide bonds. The quantitative estimate of drug-likeness (QED) is 0.572. The number of nitrogens with one attached hydrogen (secondary N) is 2. The zero-order chi connectivity index (χ0) is 10.4. The molecule has 2 N–H and O–H groups in total. The van der Waals surface area contributed by atoms with Crippen LogP contribution in [0.25, 0.3) is 21.8 Å². The van der Waals surface area contributed by atoms with Gasteiger partial charge in [-0.15, -0.1) is 0 Å². The average Bonchev–Trinajstić information content (AvgIpc) is 2.64. The van der Waals surface area contributed by atoms with Crippen LogP contribution in [0.15, 0.2) is 35.3 Å². The summed E-state index contributed by atoms with van der Waals surface area (Å²) in [5, 5.41) is 1.74. The van der Waals surface area contributed by atoms with Crippen molar-refractivity contribution in [1.82, 2.24) is 9.97 Å². The monoisotopic (exact) mass is 198 g/mol. The molecule has 3 aromatic rings. The van der Waals surface area contributed by atoms with Crippen molar-refractivity contribution < 1.29 is 0 Å². The molecule has 0 bridgehead atoms. The van der Waals surface area contributed by atoms with Gasteiger partial charge in [0.1, 0.15) is 0 Å². The van der Waals surface area contributed by atoms with Crippen LogP contribution >= 0.6 is 0 Å². The molecular weight excluding hydrogens is 188 g/mol. The molecule has 0 atom stereocenters. The van der Waals surface area contributed by atoms with E-state index in [9.17, 15) is 4.79 Å². The summed E-state index contributed by atoms with van der Waals surface area (Å²) in [4.78, 5) is 17.7. The molecule has 0 aliphatic rings. The molecule has 0 unspecified atom stereocenters. The molecule has 0 aliphatic heterocycles. The number of hydrogen-bond donors (Lipinski definition) is 2. The van der Waals surface area contributed by atoms with Gasteiger partial charge in [-0.3, -0.25) is 4.79 Å². The topological polar surface area (TPSA) is 48.6 Å². The maximum atomic E-state index is 11.7. The van der Waals surface area contributed by atoms with Crippen molar-refractivity contribution in [3.8, 4) is 0 Å². The normalized spacial score (nSPS) is 11.3. The van der Waals surface area contributed by atoms with Gasteiger partial charge in [0.15, 0.2) is 0 Å². The number of fused-ring (bicyclic) bond motifs is 3. The van der Waals surface area contributed by atoms with Gasteiger partial charge in [-0.1, -0.05) is 18.2 Å². The molecule has 3 rings (SSSR count). The van der Waals surface area contributed by atoms with E-state index in [0.717, 1.165) is 27.4 Å². The van der Waals surface area contributed by atoms with Gasteiger partial charge in [-0.25, -0.2) is 0 Å². The van der Waals surface area contributed by atoms with Crippen LogP contribution in [-0.2, 0) is 0 Å². The van der Waals surface area contributed by atoms with Crippen molar-refractivity contribution in [2.45, 2.75) is 6.92 Å². The lowest BCUT2D eigenvalue weighted by molar-refractivity contribution is 1.24.